The highest BCUT2D eigenvalue weighted by Crippen LogP contribution is 2.14. The predicted molar refractivity (Wildman–Crippen MR) is 67.3 cm³/mol. The Morgan fingerprint density at radius 2 is 2.11 bits per heavy atom. The number of carbonyl (C=O) groups is 1. The fourth-order valence-corrected chi connectivity index (χ4v) is 1.71. The Morgan fingerprint density at radius 3 is 2.68 bits per heavy atom. The Balaban J connectivity index is 1.94. The highest BCUT2D eigenvalue weighted by atomic mass is 19.1. The molecule has 19 heavy (non-hydrogen) atoms. The minimum Gasteiger partial charge on any atom is -0.478 e. The number of carboxylic acids is 1. The third-order valence-corrected chi connectivity index (χ3v) is 2.85. The summed E-state index contributed by atoms with van der Waals surface area (Å²) in [5, 5.41) is 11.9. The molecule has 0 saturated carbocycles. The summed E-state index contributed by atoms with van der Waals surface area (Å²) in [5.41, 5.74) is 1.08. The first kappa shape index (κ1) is 13.3. The molecule has 0 spiro atoms. The van der Waals surface area contributed by atoms with Crippen molar-refractivity contribution in [2.45, 2.75) is 19.5 Å². The standard InChI is InChI=1S/C14H14FNO3/c1-9(10-2-4-12(15)5-3-10)16-7-13-6-11(8-19-13)14(17)18/h2-6,8-9,16H,7H2,1H3,(H,17,18)/t9-/m1/s1. The van der Waals surface area contributed by atoms with Gasteiger partial charge in [0, 0.05) is 6.04 Å². The summed E-state index contributed by atoms with van der Waals surface area (Å²) in [6.45, 7) is 2.35. The molecule has 1 atom stereocenters. The maximum atomic E-state index is 12.8. The number of rotatable bonds is 5. The van der Waals surface area contributed by atoms with Gasteiger partial charge in [0.15, 0.2) is 0 Å². The Labute approximate surface area is 109 Å². The minimum atomic E-state index is -1.01. The lowest BCUT2D eigenvalue weighted by Crippen LogP contribution is -2.17. The summed E-state index contributed by atoms with van der Waals surface area (Å²) < 4.78 is 17.9. The lowest BCUT2D eigenvalue weighted by molar-refractivity contribution is 0.0696. The molecule has 0 aliphatic heterocycles. The first-order valence-electron chi connectivity index (χ1n) is 5.86. The summed E-state index contributed by atoms with van der Waals surface area (Å²) in [4.78, 5) is 10.7. The summed E-state index contributed by atoms with van der Waals surface area (Å²) >= 11 is 0. The molecule has 1 aromatic heterocycles. The molecule has 0 amide bonds. The molecule has 0 aliphatic carbocycles. The molecular weight excluding hydrogens is 249 g/mol. The third-order valence-electron chi connectivity index (χ3n) is 2.85. The number of nitrogens with one attached hydrogen (secondary N) is 1. The van der Waals surface area contributed by atoms with Crippen molar-refractivity contribution in [3.8, 4) is 0 Å². The maximum Gasteiger partial charge on any atom is 0.338 e. The Morgan fingerprint density at radius 1 is 1.42 bits per heavy atom. The van der Waals surface area contributed by atoms with Crippen molar-refractivity contribution in [3.05, 3.63) is 59.3 Å². The topological polar surface area (TPSA) is 62.5 Å². The summed E-state index contributed by atoms with van der Waals surface area (Å²) in [6.07, 6.45) is 1.21. The molecule has 2 aromatic rings. The van der Waals surface area contributed by atoms with Crippen molar-refractivity contribution in [3.63, 3.8) is 0 Å². The molecule has 0 bridgehead atoms. The summed E-state index contributed by atoms with van der Waals surface area (Å²) in [7, 11) is 0. The number of carboxylic acid groups (broad SMARTS) is 1. The van der Waals surface area contributed by atoms with Crippen molar-refractivity contribution in [1.29, 1.82) is 0 Å². The normalized spacial score (nSPS) is 12.3. The van der Waals surface area contributed by atoms with Gasteiger partial charge in [-0.2, -0.15) is 0 Å². The number of hydrogen-bond donors (Lipinski definition) is 2. The van der Waals surface area contributed by atoms with Gasteiger partial charge in [-0.3, -0.25) is 0 Å². The summed E-state index contributed by atoms with van der Waals surface area (Å²) in [6, 6.07) is 7.72. The van der Waals surface area contributed by atoms with Gasteiger partial charge < -0.3 is 14.8 Å². The van der Waals surface area contributed by atoms with E-state index in [2.05, 4.69) is 5.32 Å². The van der Waals surface area contributed by atoms with E-state index in [4.69, 9.17) is 9.52 Å². The van der Waals surface area contributed by atoms with Crippen LogP contribution in [0.25, 0.3) is 0 Å². The first-order chi connectivity index (χ1) is 9.06. The lowest BCUT2D eigenvalue weighted by atomic mass is 10.1. The molecule has 0 aliphatic rings. The zero-order chi connectivity index (χ0) is 13.8. The van der Waals surface area contributed by atoms with E-state index in [1.54, 1.807) is 12.1 Å². The molecule has 1 aromatic carbocycles. The van der Waals surface area contributed by atoms with Gasteiger partial charge in [-0.25, -0.2) is 9.18 Å². The monoisotopic (exact) mass is 263 g/mol. The number of hydrogen-bond acceptors (Lipinski definition) is 3. The number of halogens is 1. The number of furan rings is 1. The van der Waals surface area contributed by atoms with Crippen LogP contribution in [0.4, 0.5) is 4.39 Å². The van der Waals surface area contributed by atoms with Crippen molar-refractivity contribution >= 4 is 5.97 Å². The van der Waals surface area contributed by atoms with Crippen LogP contribution in [0.5, 0.6) is 0 Å². The van der Waals surface area contributed by atoms with Crippen LogP contribution >= 0.6 is 0 Å². The van der Waals surface area contributed by atoms with Gasteiger partial charge in [0.05, 0.1) is 12.1 Å². The molecule has 0 saturated heterocycles. The second-order valence-corrected chi connectivity index (χ2v) is 4.26. The van der Waals surface area contributed by atoms with Crippen LogP contribution in [0.15, 0.2) is 41.0 Å². The average Bonchev–Trinajstić information content (AvgIpc) is 2.86. The molecule has 0 fully saturated rings. The average molecular weight is 263 g/mol. The van der Waals surface area contributed by atoms with Gasteiger partial charge in [0.25, 0.3) is 0 Å². The molecule has 0 unspecified atom stereocenters. The van der Waals surface area contributed by atoms with Crippen LogP contribution in [-0.2, 0) is 6.54 Å². The van der Waals surface area contributed by atoms with E-state index in [1.165, 1.54) is 24.5 Å². The SMILES string of the molecule is C[C@@H](NCc1cc(C(=O)O)co1)c1ccc(F)cc1. The predicted octanol–water partition coefficient (Wildman–Crippen LogP) is 2.97. The van der Waals surface area contributed by atoms with Gasteiger partial charge in [0.1, 0.15) is 17.8 Å². The Hall–Kier alpha value is -2.14. The van der Waals surface area contributed by atoms with E-state index < -0.39 is 5.97 Å². The fourth-order valence-electron chi connectivity index (χ4n) is 1.71. The van der Waals surface area contributed by atoms with Gasteiger partial charge in [-0.05, 0) is 30.7 Å². The number of benzene rings is 1. The largest absolute Gasteiger partial charge is 0.478 e. The molecule has 0 radical (unpaired) electrons. The zero-order valence-electron chi connectivity index (χ0n) is 10.4. The van der Waals surface area contributed by atoms with Crippen molar-refractivity contribution < 1.29 is 18.7 Å². The van der Waals surface area contributed by atoms with Crippen molar-refractivity contribution in [2.24, 2.45) is 0 Å². The molecule has 1 heterocycles. The van der Waals surface area contributed by atoms with Gasteiger partial charge in [-0.15, -0.1) is 0 Å². The highest BCUT2D eigenvalue weighted by molar-refractivity contribution is 5.87. The minimum absolute atomic E-state index is 0.0129. The molecular formula is C14H14FNO3. The van der Waals surface area contributed by atoms with Crippen LogP contribution in [-0.4, -0.2) is 11.1 Å². The van der Waals surface area contributed by atoms with Crippen LogP contribution in [0.3, 0.4) is 0 Å². The second-order valence-electron chi connectivity index (χ2n) is 4.26. The smallest absolute Gasteiger partial charge is 0.338 e. The number of aromatic carboxylic acids is 1. The van der Waals surface area contributed by atoms with Gasteiger partial charge >= 0.3 is 5.97 Å². The molecule has 100 valence electrons. The Kier molecular flexibility index (Phi) is 3.97. The Bertz CT molecular complexity index is 562. The molecule has 2 rings (SSSR count). The third kappa shape index (κ3) is 3.42. The second kappa shape index (κ2) is 5.67. The van der Waals surface area contributed by atoms with E-state index in [9.17, 15) is 9.18 Å². The fraction of sp³-hybridized carbons (Fsp3) is 0.214. The first-order valence-corrected chi connectivity index (χ1v) is 5.86. The van der Waals surface area contributed by atoms with Crippen molar-refractivity contribution in [2.75, 3.05) is 0 Å². The van der Waals surface area contributed by atoms with Gasteiger partial charge in [0.2, 0.25) is 0 Å². The summed E-state index contributed by atoms with van der Waals surface area (Å²) in [5.74, 6) is -0.735. The van der Waals surface area contributed by atoms with Crippen LogP contribution in [0, 0.1) is 5.82 Å². The van der Waals surface area contributed by atoms with Crippen LogP contribution < -0.4 is 5.32 Å². The van der Waals surface area contributed by atoms with E-state index in [-0.39, 0.29) is 17.4 Å². The molecule has 5 heteroatoms. The van der Waals surface area contributed by atoms with Crippen molar-refractivity contribution in [1.82, 2.24) is 5.32 Å². The highest BCUT2D eigenvalue weighted by Gasteiger charge is 2.10. The molecule has 2 N–H and O–H groups in total. The lowest BCUT2D eigenvalue weighted by Gasteiger charge is -2.13. The van der Waals surface area contributed by atoms with Gasteiger partial charge in [-0.1, -0.05) is 12.1 Å². The van der Waals surface area contributed by atoms with Crippen LogP contribution in [0.2, 0.25) is 0 Å². The van der Waals surface area contributed by atoms with E-state index in [1.807, 2.05) is 6.92 Å². The van der Waals surface area contributed by atoms with E-state index >= 15 is 0 Å². The van der Waals surface area contributed by atoms with E-state index in [0.29, 0.717) is 12.3 Å². The maximum absolute atomic E-state index is 12.8. The zero-order valence-corrected chi connectivity index (χ0v) is 10.4. The van der Waals surface area contributed by atoms with E-state index in [0.717, 1.165) is 5.56 Å². The molecule has 4 nitrogen and oxygen atoms in total. The van der Waals surface area contributed by atoms with Crippen LogP contribution in [0.1, 0.15) is 34.6 Å². The quantitative estimate of drug-likeness (QED) is 0.870.